The second-order valence-corrected chi connectivity index (χ2v) is 9.11. The molecule has 2 aliphatic rings. The van der Waals surface area contributed by atoms with Crippen LogP contribution in [0, 0.1) is 5.92 Å². The minimum absolute atomic E-state index is 0.0557. The zero-order valence-corrected chi connectivity index (χ0v) is 19.3. The molecule has 34 heavy (non-hydrogen) atoms. The maximum atomic E-state index is 12.8. The molecule has 8 heteroatoms. The summed E-state index contributed by atoms with van der Waals surface area (Å²) in [7, 11) is 0. The number of fused-ring (bicyclic) bond motifs is 3. The number of nitrogens with one attached hydrogen (secondary N) is 2. The van der Waals surface area contributed by atoms with Gasteiger partial charge in [0, 0.05) is 18.6 Å². The van der Waals surface area contributed by atoms with Gasteiger partial charge in [-0.05, 0) is 34.6 Å². The first-order chi connectivity index (χ1) is 16.3. The van der Waals surface area contributed by atoms with Gasteiger partial charge in [-0.2, -0.15) is 0 Å². The second-order valence-electron chi connectivity index (χ2n) is 9.11. The molecule has 1 fully saturated rings. The molecule has 8 nitrogen and oxygen atoms in total. The van der Waals surface area contributed by atoms with Gasteiger partial charge in [-0.3, -0.25) is 9.59 Å². The molecular weight excluding hydrogens is 436 g/mol. The van der Waals surface area contributed by atoms with Crippen LogP contribution in [-0.2, 0) is 19.1 Å². The molecule has 2 aromatic carbocycles. The van der Waals surface area contributed by atoms with E-state index in [0.717, 1.165) is 22.3 Å². The molecule has 0 bridgehead atoms. The Hall–Kier alpha value is -3.39. The van der Waals surface area contributed by atoms with Crippen LogP contribution in [-0.4, -0.2) is 54.5 Å². The quantitative estimate of drug-likeness (QED) is 0.550. The fraction of sp³-hybridized carbons (Fsp3) is 0.423. The van der Waals surface area contributed by atoms with Crippen molar-refractivity contribution < 1.29 is 29.0 Å². The lowest BCUT2D eigenvalue weighted by molar-refractivity contribution is -0.138. The zero-order chi connectivity index (χ0) is 24.2. The highest BCUT2D eigenvalue weighted by Crippen LogP contribution is 2.44. The normalized spacial score (nSPS) is 19.9. The molecule has 4 rings (SSSR count). The van der Waals surface area contributed by atoms with Crippen LogP contribution in [0.5, 0.6) is 0 Å². The highest BCUT2D eigenvalue weighted by atomic mass is 16.6. The molecule has 2 unspecified atom stereocenters. The number of carboxylic acid groups (broad SMARTS) is 1. The monoisotopic (exact) mass is 466 g/mol. The molecule has 1 aliphatic carbocycles. The number of aliphatic carboxylic acids is 1. The molecule has 2 aromatic rings. The number of amides is 2. The maximum Gasteiger partial charge on any atom is 0.407 e. The van der Waals surface area contributed by atoms with Gasteiger partial charge < -0.3 is 25.2 Å². The summed E-state index contributed by atoms with van der Waals surface area (Å²) in [5, 5.41) is 14.6. The van der Waals surface area contributed by atoms with Gasteiger partial charge in [0.25, 0.3) is 5.91 Å². The molecular formula is C26H30N2O6. The first-order valence-electron chi connectivity index (χ1n) is 11.6. The number of carboxylic acids is 1. The lowest BCUT2D eigenvalue weighted by Crippen LogP contribution is -2.52. The number of hydrogen-bond acceptors (Lipinski definition) is 5. The molecule has 3 atom stereocenters. The average molecular weight is 467 g/mol. The topological polar surface area (TPSA) is 114 Å². The van der Waals surface area contributed by atoms with Crippen molar-refractivity contribution in [1.82, 2.24) is 10.6 Å². The minimum Gasteiger partial charge on any atom is -0.481 e. The van der Waals surface area contributed by atoms with Crippen LogP contribution in [0.1, 0.15) is 43.7 Å². The fourth-order valence-electron chi connectivity index (χ4n) is 4.69. The smallest absolute Gasteiger partial charge is 0.407 e. The van der Waals surface area contributed by atoms with Crippen molar-refractivity contribution in [3.05, 3.63) is 59.7 Å². The van der Waals surface area contributed by atoms with Crippen LogP contribution in [0.15, 0.2) is 48.5 Å². The summed E-state index contributed by atoms with van der Waals surface area (Å²) < 4.78 is 11.1. The van der Waals surface area contributed by atoms with E-state index in [0.29, 0.717) is 13.0 Å². The largest absolute Gasteiger partial charge is 0.481 e. The van der Waals surface area contributed by atoms with Crippen LogP contribution in [0.4, 0.5) is 4.79 Å². The number of rotatable bonds is 8. The van der Waals surface area contributed by atoms with Gasteiger partial charge in [0.05, 0.1) is 12.5 Å². The number of carbonyl (C=O) groups excluding carboxylic acids is 2. The van der Waals surface area contributed by atoms with E-state index in [1.54, 1.807) is 0 Å². The van der Waals surface area contributed by atoms with E-state index in [9.17, 15) is 14.4 Å². The van der Waals surface area contributed by atoms with Crippen LogP contribution >= 0.6 is 0 Å². The van der Waals surface area contributed by atoms with Crippen molar-refractivity contribution in [2.24, 2.45) is 5.92 Å². The van der Waals surface area contributed by atoms with E-state index in [2.05, 4.69) is 34.9 Å². The van der Waals surface area contributed by atoms with Crippen LogP contribution in [0.3, 0.4) is 0 Å². The van der Waals surface area contributed by atoms with Crippen molar-refractivity contribution in [1.29, 1.82) is 0 Å². The predicted molar refractivity (Wildman–Crippen MR) is 125 cm³/mol. The lowest BCUT2D eigenvalue weighted by Gasteiger charge is -2.25. The summed E-state index contributed by atoms with van der Waals surface area (Å²) in [6.07, 6.45) is -1.22. The number of ether oxygens (including phenoxy) is 2. The van der Waals surface area contributed by atoms with Gasteiger partial charge in [-0.15, -0.1) is 0 Å². The molecule has 2 amide bonds. The SMILES string of the molecule is CC(C)[C@@H](CC(=O)O)NC(=O)C1OCCC1NC(=O)OCC1c2ccccc2-c2ccccc21. The first kappa shape index (κ1) is 23.8. The van der Waals surface area contributed by atoms with Crippen molar-refractivity contribution in [3.8, 4) is 11.1 Å². The Morgan fingerprint density at radius 1 is 1.06 bits per heavy atom. The summed E-state index contributed by atoms with van der Waals surface area (Å²) >= 11 is 0. The van der Waals surface area contributed by atoms with E-state index < -0.39 is 36.2 Å². The predicted octanol–water partition coefficient (Wildman–Crippen LogP) is 3.30. The van der Waals surface area contributed by atoms with Crippen LogP contribution < -0.4 is 10.6 Å². The van der Waals surface area contributed by atoms with Crippen molar-refractivity contribution in [2.45, 2.75) is 50.8 Å². The zero-order valence-electron chi connectivity index (χ0n) is 19.3. The Morgan fingerprint density at radius 2 is 1.68 bits per heavy atom. The number of alkyl carbamates (subject to hydrolysis) is 1. The summed E-state index contributed by atoms with van der Waals surface area (Å²) in [4.78, 5) is 36.5. The Bertz CT molecular complexity index is 1020. The molecule has 0 saturated carbocycles. The Kier molecular flexibility index (Phi) is 7.17. The molecule has 0 radical (unpaired) electrons. The van der Waals surface area contributed by atoms with Gasteiger partial charge in [0.15, 0.2) is 6.10 Å². The van der Waals surface area contributed by atoms with Gasteiger partial charge in [0.2, 0.25) is 0 Å². The van der Waals surface area contributed by atoms with Gasteiger partial charge in [-0.25, -0.2) is 4.79 Å². The maximum absolute atomic E-state index is 12.8. The molecule has 0 aromatic heterocycles. The molecule has 3 N–H and O–H groups in total. The average Bonchev–Trinajstić information content (AvgIpc) is 3.39. The summed E-state index contributed by atoms with van der Waals surface area (Å²) in [5.74, 6) is -1.53. The number of hydrogen-bond donors (Lipinski definition) is 3. The highest BCUT2D eigenvalue weighted by Gasteiger charge is 2.37. The summed E-state index contributed by atoms with van der Waals surface area (Å²) in [6, 6.07) is 15.1. The van der Waals surface area contributed by atoms with Crippen LogP contribution in [0.25, 0.3) is 11.1 Å². The molecule has 180 valence electrons. The number of benzene rings is 2. The Labute approximate surface area is 198 Å². The molecule has 1 heterocycles. The third-order valence-electron chi connectivity index (χ3n) is 6.52. The van der Waals surface area contributed by atoms with E-state index in [-0.39, 0.29) is 24.9 Å². The van der Waals surface area contributed by atoms with Crippen molar-refractivity contribution in [3.63, 3.8) is 0 Å². The van der Waals surface area contributed by atoms with Crippen LogP contribution in [0.2, 0.25) is 0 Å². The lowest BCUT2D eigenvalue weighted by atomic mass is 9.98. The standard InChI is InChI=1S/C26H30N2O6/c1-15(2)22(13-23(29)30)27-25(31)24-21(11-12-33-24)28-26(32)34-14-20-18-9-5-3-7-16(18)17-8-4-6-10-19(17)20/h3-10,15,20-22,24H,11-14H2,1-2H3,(H,27,31)(H,28,32)(H,29,30)/t21?,22-,24?/m1/s1. The van der Waals surface area contributed by atoms with E-state index in [1.807, 2.05) is 38.1 Å². The summed E-state index contributed by atoms with van der Waals surface area (Å²) in [6.45, 7) is 4.18. The summed E-state index contributed by atoms with van der Waals surface area (Å²) in [5.41, 5.74) is 4.54. The van der Waals surface area contributed by atoms with Crippen molar-refractivity contribution in [2.75, 3.05) is 13.2 Å². The molecule has 1 saturated heterocycles. The second kappa shape index (κ2) is 10.3. The van der Waals surface area contributed by atoms with Gasteiger partial charge in [-0.1, -0.05) is 62.4 Å². The van der Waals surface area contributed by atoms with Gasteiger partial charge >= 0.3 is 12.1 Å². The Balaban J connectivity index is 1.36. The third kappa shape index (κ3) is 5.07. The third-order valence-corrected chi connectivity index (χ3v) is 6.52. The molecule has 1 aliphatic heterocycles. The van der Waals surface area contributed by atoms with E-state index >= 15 is 0 Å². The first-order valence-corrected chi connectivity index (χ1v) is 11.6. The minimum atomic E-state index is -0.986. The number of carbonyl (C=O) groups is 3. The van der Waals surface area contributed by atoms with E-state index in [4.69, 9.17) is 14.6 Å². The Morgan fingerprint density at radius 3 is 2.26 bits per heavy atom. The van der Waals surface area contributed by atoms with Gasteiger partial charge in [0.1, 0.15) is 6.61 Å². The van der Waals surface area contributed by atoms with Crippen molar-refractivity contribution >= 4 is 18.0 Å². The fourth-order valence-corrected chi connectivity index (χ4v) is 4.69. The van der Waals surface area contributed by atoms with E-state index in [1.165, 1.54) is 0 Å². The molecule has 0 spiro atoms. The highest BCUT2D eigenvalue weighted by molar-refractivity contribution is 5.84.